The van der Waals surface area contributed by atoms with Gasteiger partial charge in [0.2, 0.25) is 17.7 Å². The van der Waals surface area contributed by atoms with Crippen molar-refractivity contribution in [2.24, 2.45) is 0 Å². The van der Waals surface area contributed by atoms with Crippen molar-refractivity contribution in [2.45, 2.75) is 43.5 Å². The maximum atomic E-state index is 10.9. The van der Waals surface area contributed by atoms with Gasteiger partial charge in [-0.25, -0.2) is 0 Å². The molecule has 0 aliphatic carbocycles. The third kappa shape index (κ3) is 4.90. The fraction of sp³-hybridized carbons (Fsp3) is 0.333. The third-order valence-electron chi connectivity index (χ3n) is 5.94. The van der Waals surface area contributed by atoms with E-state index in [0.29, 0.717) is 17.3 Å². The van der Waals surface area contributed by atoms with Crippen LogP contribution >= 0.6 is 11.8 Å². The Kier molecular flexibility index (Phi) is 6.49. The molecular weight excluding hydrogens is 466 g/mol. The van der Waals surface area contributed by atoms with Gasteiger partial charge < -0.3 is 9.32 Å². The Morgan fingerprint density at radius 2 is 1.69 bits per heavy atom. The monoisotopic (exact) mass is 491 g/mol. The largest absolute Gasteiger partial charge is 0.419 e. The summed E-state index contributed by atoms with van der Waals surface area (Å²) in [6.07, 6.45) is 3.53. The standard InChI is InChI=1S/C24H25N7O3S/c1-16-6-10-19(11-7-16)30-23(29-14-4-3-5-15-29)27-28-24(30)35-17(2)21-25-26-22(34-21)18-8-12-20(13-9-18)31(32)33/h6-13,17H,3-5,14-15H2,1-2H3. The van der Waals surface area contributed by atoms with Crippen molar-refractivity contribution in [3.05, 3.63) is 70.1 Å². The van der Waals surface area contributed by atoms with E-state index in [0.717, 1.165) is 42.7 Å². The number of piperidine rings is 1. The molecule has 1 saturated heterocycles. The first-order valence-corrected chi connectivity index (χ1v) is 12.4. The summed E-state index contributed by atoms with van der Waals surface area (Å²) in [5.74, 6) is 1.61. The maximum absolute atomic E-state index is 10.9. The van der Waals surface area contributed by atoms with Gasteiger partial charge in [0.1, 0.15) is 0 Å². The van der Waals surface area contributed by atoms with Crippen LogP contribution < -0.4 is 4.90 Å². The van der Waals surface area contributed by atoms with Crippen molar-refractivity contribution < 1.29 is 9.34 Å². The summed E-state index contributed by atoms with van der Waals surface area (Å²) in [7, 11) is 0. The van der Waals surface area contributed by atoms with Crippen molar-refractivity contribution in [1.82, 2.24) is 25.0 Å². The first-order chi connectivity index (χ1) is 17.0. The summed E-state index contributed by atoms with van der Waals surface area (Å²) in [5, 5.41) is 28.9. The molecule has 0 saturated carbocycles. The fourth-order valence-corrected chi connectivity index (χ4v) is 4.90. The zero-order valence-electron chi connectivity index (χ0n) is 19.5. The van der Waals surface area contributed by atoms with Crippen LogP contribution in [0.25, 0.3) is 17.1 Å². The molecule has 1 atom stereocenters. The van der Waals surface area contributed by atoms with E-state index in [1.165, 1.54) is 35.9 Å². The number of non-ortho nitro benzene ring substituents is 1. The predicted octanol–water partition coefficient (Wildman–Crippen LogP) is 5.38. The number of thioether (sulfide) groups is 1. The minimum Gasteiger partial charge on any atom is -0.419 e. The van der Waals surface area contributed by atoms with Crippen LogP contribution in [0.4, 0.5) is 11.6 Å². The van der Waals surface area contributed by atoms with E-state index >= 15 is 0 Å². The molecule has 11 heteroatoms. The molecule has 1 aliphatic heterocycles. The highest BCUT2D eigenvalue weighted by molar-refractivity contribution is 7.99. The number of nitro benzene ring substituents is 1. The fourth-order valence-electron chi connectivity index (χ4n) is 4.01. The van der Waals surface area contributed by atoms with Gasteiger partial charge >= 0.3 is 0 Å². The summed E-state index contributed by atoms with van der Waals surface area (Å²) in [5.41, 5.74) is 2.83. The van der Waals surface area contributed by atoms with Gasteiger partial charge in [0, 0.05) is 30.8 Å². The highest BCUT2D eigenvalue weighted by atomic mass is 32.2. The van der Waals surface area contributed by atoms with E-state index < -0.39 is 4.92 Å². The molecule has 10 nitrogen and oxygen atoms in total. The van der Waals surface area contributed by atoms with Crippen molar-refractivity contribution >= 4 is 23.4 Å². The summed E-state index contributed by atoms with van der Waals surface area (Å²) in [6, 6.07) is 14.4. The number of nitrogens with zero attached hydrogens (tertiary/aromatic N) is 7. The zero-order chi connectivity index (χ0) is 24.4. The number of anilines is 1. The molecule has 3 heterocycles. The minimum absolute atomic E-state index is 0.0114. The molecule has 2 aromatic carbocycles. The number of hydrogen-bond donors (Lipinski definition) is 0. The first-order valence-electron chi connectivity index (χ1n) is 11.5. The smallest absolute Gasteiger partial charge is 0.269 e. The normalized spacial score (nSPS) is 14.7. The van der Waals surface area contributed by atoms with E-state index in [-0.39, 0.29) is 10.9 Å². The SMILES string of the molecule is Cc1ccc(-n2c(SC(C)c3nnc(-c4ccc([N+](=O)[O-])cc4)o3)nnc2N2CCCCC2)cc1. The molecule has 1 unspecified atom stereocenters. The Morgan fingerprint density at radius 3 is 2.37 bits per heavy atom. The summed E-state index contributed by atoms with van der Waals surface area (Å²) < 4.78 is 8.00. The van der Waals surface area contributed by atoms with Crippen molar-refractivity contribution in [3.8, 4) is 17.1 Å². The van der Waals surface area contributed by atoms with E-state index in [4.69, 9.17) is 4.42 Å². The van der Waals surface area contributed by atoms with Crippen LogP contribution in [-0.2, 0) is 0 Å². The summed E-state index contributed by atoms with van der Waals surface area (Å²) in [4.78, 5) is 12.8. The van der Waals surface area contributed by atoms with Crippen LogP contribution in [0.5, 0.6) is 0 Å². The Morgan fingerprint density at radius 1 is 0.971 bits per heavy atom. The lowest BCUT2D eigenvalue weighted by molar-refractivity contribution is -0.384. The Labute approximate surface area is 206 Å². The first kappa shape index (κ1) is 23.0. The van der Waals surface area contributed by atoms with Crippen molar-refractivity contribution in [2.75, 3.05) is 18.0 Å². The molecule has 2 aromatic heterocycles. The van der Waals surface area contributed by atoms with Crippen molar-refractivity contribution in [3.63, 3.8) is 0 Å². The van der Waals surface area contributed by atoms with Crippen LogP contribution in [0.2, 0.25) is 0 Å². The van der Waals surface area contributed by atoms with Gasteiger partial charge in [-0.3, -0.25) is 14.7 Å². The Hall–Kier alpha value is -3.73. The van der Waals surface area contributed by atoms with Gasteiger partial charge in [-0.1, -0.05) is 29.5 Å². The Balaban J connectivity index is 1.41. The molecule has 1 aliphatic rings. The second-order valence-corrected chi connectivity index (χ2v) is 9.82. The topological polar surface area (TPSA) is 116 Å². The molecule has 0 N–H and O–H groups in total. The van der Waals surface area contributed by atoms with Gasteiger partial charge in [-0.15, -0.1) is 20.4 Å². The van der Waals surface area contributed by atoms with Crippen LogP contribution in [0.1, 0.15) is 42.9 Å². The van der Waals surface area contributed by atoms with Gasteiger partial charge in [0.15, 0.2) is 5.16 Å². The average molecular weight is 492 g/mol. The molecule has 0 spiro atoms. The molecular formula is C24H25N7O3S. The number of hydrogen-bond acceptors (Lipinski definition) is 9. The lowest BCUT2D eigenvalue weighted by Gasteiger charge is -2.28. The Bertz CT molecular complexity index is 1310. The molecule has 180 valence electrons. The predicted molar refractivity (Wildman–Crippen MR) is 133 cm³/mol. The lowest BCUT2D eigenvalue weighted by atomic mass is 10.1. The maximum Gasteiger partial charge on any atom is 0.269 e. The molecule has 5 rings (SSSR count). The van der Waals surface area contributed by atoms with E-state index in [2.05, 4.69) is 61.1 Å². The molecule has 0 bridgehead atoms. The molecule has 0 amide bonds. The highest BCUT2D eigenvalue weighted by Crippen LogP contribution is 2.37. The molecule has 1 fully saturated rings. The number of nitro groups is 1. The highest BCUT2D eigenvalue weighted by Gasteiger charge is 2.25. The number of aryl methyl sites for hydroxylation is 1. The zero-order valence-corrected chi connectivity index (χ0v) is 20.3. The van der Waals surface area contributed by atoms with Gasteiger partial charge in [0.25, 0.3) is 5.69 Å². The van der Waals surface area contributed by atoms with Gasteiger partial charge in [-0.2, -0.15) is 0 Å². The van der Waals surface area contributed by atoms with Crippen LogP contribution in [0.3, 0.4) is 0 Å². The lowest BCUT2D eigenvalue weighted by Crippen LogP contribution is -2.31. The van der Waals surface area contributed by atoms with E-state index in [1.807, 2.05) is 6.92 Å². The van der Waals surface area contributed by atoms with Crippen LogP contribution in [0.15, 0.2) is 58.1 Å². The van der Waals surface area contributed by atoms with E-state index in [1.54, 1.807) is 12.1 Å². The molecule has 4 aromatic rings. The van der Waals surface area contributed by atoms with Crippen LogP contribution in [0, 0.1) is 17.0 Å². The summed E-state index contributed by atoms with van der Waals surface area (Å²) >= 11 is 1.50. The number of benzene rings is 2. The third-order valence-corrected chi connectivity index (χ3v) is 6.97. The molecule has 0 radical (unpaired) electrons. The number of rotatable bonds is 7. The number of aromatic nitrogens is 5. The van der Waals surface area contributed by atoms with E-state index in [9.17, 15) is 10.1 Å². The van der Waals surface area contributed by atoms with Crippen molar-refractivity contribution in [1.29, 1.82) is 0 Å². The minimum atomic E-state index is -0.440. The second kappa shape index (κ2) is 9.87. The molecule has 35 heavy (non-hydrogen) atoms. The van der Waals surface area contributed by atoms with Gasteiger partial charge in [-0.05, 0) is 57.4 Å². The quantitative estimate of drug-likeness (QED) is 0.191. The van der Waals surface area contributed by atoms with Crippen LogP contribution in [-0.4, -0.2) is 43.0 Å². The second-order valence-electron chi connectivity index (χ2n) is 8.51. The van der Waals surface area contributed by atoms with Gasteiger partial charge in [0.05, 0.1) is 15.9 Å². The average Bonchev–Trinajstić information content (AvgIpc) is 3.53. The summed E-state index contributed by atoms with van der Waals surface area (Å²) in [6.45, 7) is 5.97.